The Hall–Kier alpha value is -4.58. The topological polar surface area (TPSA) is 135 Å². The van der Waals surface area contributed by atoms with E-state index >= 15 is 0 Å². The minimum Gasteiger partial charge on any atom is -0.457 e. The number of piperidine rings is 1. The summed E-state index contributed by atoms with van der Waals surface area (Å²) in [6, 6.07) is 25.8. The molecule has 0 spiro atoms. The Morgan fingerprint density at radius 2 is 1.52 bits per heavy atom. The van der Waals surface area contributed by atoms with Crippen LogP contribution >= 0.6 is 12.4 Å². The smallest absolute Gasteiger partial charge is 0.254 e. The summed E-state index contributed by atoms with van der Waals surface area (Å²) in [7, 11) is 0. The summed E-state index contributed by atoms with van der Waals surface area (Å²) in [4.78, 5) is 32.9. The third-order valence-corrected chi connectivity index (χ3v) is 10.3. The number of likely N-dealkylation sites (tertiary alicyclic amines) is 1. The molecule has 11 nitrogen and oxygen atoms in total. The molecular weight excluding hydrogens is 652 g/mol. The van der Waals surface area contributed by atoms with Crippen LogP contribution in [0, 0.1) is 5.92 Å². The number of hydrogen-bond acceptors (Lipinski definition) is 8. The number of para-hydroxylation sites is 1. The van der Waals surface area contributed by atoms with Crippen molar-refractivity contribution in [3.8, 4) is 22.8 Å². The number of hydrogen-bond donors (Lipinski definition) is 3. The fourth-order valence-electron chi connectivity index (χ4n) is 7.50. The highest BCUT2D eigenvalue weighted by Gasteiger charge is 2.36. The van der Waals surface area contributed by atoms with E-state index in [0.717, 1.165) is 88.5 Å². The maximum Gasteiger partial charge on any atom is 0.254 e. The van der Waals surface area contributed by atoms with Gasteiger partial charge in [0.1, 0.15) is 28.6 Å². The molecule has 264 valence electrons. The summed E-state index contributed by atoms with van der Waals surface area (Å²) in [5.41, 5.74) is 15.9. The first-order valence-electron chi connectivity index (χ1n) is 17.5. The Labute approximate surface area is 299 Å². The number of nitrogens with one attached hydrogen (secondary N) is 1. The number of nitrogens with zero attached hydrogens (tertiary/aromatic N) is 5. The number of aromatic nitrogens is 2. The zero-order valence-corrected chi connectivity index (χ0v) is 29.2. The maximum atomic E-state index is 13.3. The highest BCUT2D eigenvalue weighted by atomic mass is 35.5. The molecule has 0 saturated carbocycles. The second-order valence-corrected chi connectivity index (χ2v) is 13.3. The van der Waals surface area contributed by atoms with Crippen molar-refractivity contribution in [3.05, 3.63) is 90.0 Å². The van der Waals surface area contributed by atoms with Crippen LogP contribution in [0.1, 0.15) is 47.6 Å². The number of piperazine rings is 1. The van der Waals surface area contributed by atoms with Crippen molar-refractivity contribution >= 4 is 35.7 Å². The van der Waals surface area contributed by atoms with Crippen LogP contribution in [0.15, 0.2) is 78.9 Å². The Morgan fingerprint density at radius 3 is 2.18 bits per heavy atom. The molecule has 0 bridgehead atoms. The first kappa shape index (κ1) is 35.3. The standard InChI is InChI=1S/C38H46N8O3.ClH/c39-26-27-6-10-30(11-7-27)44-24-22-43(23-25-44)19-17-34(47)45-20-15-28(16-21-45)33-14-18-41-38-35(37(40)48)36(42-46(33)38)29-8-12-32(13-9-29)49-31-4-2-1-3-5-31;/h1-13,28,33,41H,14-26,39H2,(H2,40,48);1H/t33-;/m0./s1. The molecule has 4 aromatic rings. The number of nitrogens with two attached hydrogens (primary N) is 2. The van der Waals surface area contributed by atoms with Crippen LogP contribution in [0.25, 0.3) is 11.3 Å². The van der Waals surface area contributed by atoms with Gasteiger partial charge in [0.2, 0.25) is 5.91 Å². The molecule has 3 aliphatic rings. The van der Waals surface area contributed by atoms with E-state index in [-0.39, 0.29) is 24.4 Å². The average molecular weight is 699 g/mol. The van der Waals surface area contributed by atoms with Crippen LogP contribution in [0.5, 0.6) is 11.5 Å². The number of carbonyl (C=O) groups excluding carboxylic acids is 2. The number of fused-ring (bicyclic) bond motifs is 1. The van der Waals surface area contributed by atoms with Crippen molar-refractivity contribution in [2.75, 3.05) is 62.6 Å². The van der Waals surface area contributed by atoms with E-state index in [1.165, 1.54) is 5.69 Å². The summed E-state index contributed by atoms with van der Waals surface area (Å²) in [6.45, 7) is 7.41. The molecule has 1 atom stereocenters. The second-order valence-electron chi connectivity index (χ2n) is 13.3. The van der Waals surface area contributed by atoms with Gasteiger partial charge in [0, 0.05) is 76.6 Å². The zero-order valence-electron chi connectivity index (χ0n) is 28.4. The van der Waals surface area contributed by atoms with Crippen molar-refractivity contribution < 1.29 is 14.3 Å². The number of amides is 2. The van der Waals surface area contributed by atoms with Gasteiger partial charge in [-0.15, -0.1) is 12.4 Å². The lowest BCUT2D eigenvalue weighted by atomic mass is 9.86. The summed E-state index contributed by atoms with van der Waals surface area (Å²) in [5, 5.41) is 8.40. The van der Waals surface area contributed by atoms with Gasteiger partial charge >= 0.3 is 0 Å². The number of primary amides is 1. The average Bonchev–Trinajstić information content (AvgIpc) is 3.55. The lowest BCUT2D eigenvalue weighted by Gasteiger charge is -2.39. The number of carbonyl (C=O) groups is 2. The van der Waals surface area contributed by atoms with Gasteiger partial charge in [-0.1, -0.05) is 30.3 Å². The van der Waals surface area contributed by atoms with E-state index in [0.29, 0.717) is 41.7 Å². The van der Waals surface area contributed by atoms with Crippen molar-refractivity contribution in [2.24, 2.45) is 17.4 Å². The molecule has 3 aromatic carbocycles. The van der Waals surface area contributed by atoms with Gasteiger partial charge < -0.3 is 31.3 Å². The number of halogens is 1. The number of benzene rings is 3. The Morgan fingerprint density at radius 1 is 0.840 bits per heavy atom. The Kier molecular flexibility index (Phi) is 11.3. The molecule has 5 N–H and O–H groups in total. The molecule has 0 aliphatic carbocycles. The molecule has 7 rings (SSSR count). The van der Waals surface area contributed by atoms with Crippen LogP contribution in [-0.4, -0.2) is 83.8 Å². The molecule has 3 aliphatic heterocycles. The van der Waals surface area contributed by atoms with Crippen LogP contribution in [0.2, 0.25) is 0 Å². The van der Waals surface area contributed by atoms with Crippen LogP contribution in [0.3, 0.4) is 0 Å². The Bertz CT molecular complexity index is 1730. The molecule has 2 amide bonds. The quantitative estimate of drug-likeness (QED) is 0.208. The van der Waals surface area contributed by atoms with Crippen LogP contribution in [0.4, 0.5) is 11.5 Å². The van der Waals surface area contributed by atoms with E-state index in [2.05, 4.69) is 39.4 Å². The van der Waals surface area contributed by atoms with Gasteiger partial charge in [-0.05, 0) is 79.3 Å². The van der Waals surface area contributed by atoms with Gasteiger partial charge in [0.25, 0.3) is 5.91 Å². The van der Waals surface area contributed by atoms with Crippen molar-refractivity contribution in [2.45, 2.75) is 38.3 Å². The summed E-state index contributed by atoms with van der Waals surface area (Å²) in [5.74, 6) is 2.23. The van der Waals surface area contributed by atoms with Gasteiger partial charge in [0.15, 0.2) is 0 Å². The molecular formula is C38H47ClN8O3. The number of ether oxygens (including phenoxy) is 1. The van der Waals surface area contributed by atoms with Crippen molar-refractivity contribution in [3.63, 3.8) is 0 Å². The van der Waals surface area contributed by atoms with Gasteiger partial charge in [-0.3, -0.25) is 14.5 Å². The highest BCUT2D eigenvalue weighted by molar-refractivity contribution is 6.03. The molecule has 12 heteroatoms. The Balaban J connectivity index is 0.00000432. The molecule has 1 aromatic heterocycles. The third kappa shape index (κ3) is 7.75. The van der Waals surface area contributed by atoms with Crippen molar-refractivity contribution in [1.29, 1.82) is 0 Å². The molecule has 2 fully saturated rings. The zero-order chi connectivity index (χ0) is 33.7. The summed E-state index contributed by atoms with van der Waals surface area (Å²) >= 11 is 0. The van der Waals surface area contributed by atoms with E-state index < -0.39 is 5.91 Å². The monoisotopic (exact) mass is 698 g/mol. The molecule has 4 heterocycles. The van der Waals surface area contributed by atoms with Crippen LogP contribution in [-0.2, 0) is 11.3 Å². The minimum absolute atomic E-state index is 0. The predicted molar refractivity (Wildman–Crippen MR) is 199 cm³/mol. The van der Waals surface area contributed by atoms with Gasteiger partial charge in [-0.2, -0.15) is 5.10 Å². The van der Waals surface area contributed by atoms with E-state index in [1.807, 2.05) is 64.2 Å². The maximum absolute atomic E-state index is 13.3. The van der Waals surface area contributed by atoms with E-state index in [4.69, 9.17) is 21.3 Å². The molecule has 0 radical (unpaired) electrons. The summed E-state index contributed by atoms with van der Waals surface area (Å²) in [6.07, 6.45) is 3.26. The van der Waals surface area contributed by atoms with Gasteiger partial charge in [0.05, 0.1) is 6.04 Å². The molecule has 50 heavy (non-hydrogen) atoms. The summed E-state index contributed by atoms with van der Waals surface area (Å²) < 4.78 is 7.94. The predicted octanol–water partition coefficient (Wildman–Crippen LogP) is 5.13. The SMILES string of the molecule is Cl.NCc1ccc(N2CCN(CCC(=O)N3CCC([C@@H]4CCNc5c(C(N)=O)c(-c6ccc(Oc7ccccc7)cc6)nn54)CC3)CC2)cc1. The normalized spacial score (nSPS) is 18.1. The fraction of sp³-hybridized carbons (Fsp3) is 0.395. The van der Waals surface area contributed by atoms with Crippen molar-refractivity contribution in [1.82, 2.24) is 19.6 Å². The number of anilines is 2. The highest BCUT2D eigenvalue weighted by Crippen LogP contribution is 2.40. The number of rotatable bonds is 10. The lowest BCUT2D eigenvalue weighted by Crippen LogP contribution is -2.48. The van der Waals surface area contributed by atoms with E-state index in [9.17, 15) is 9.59 Å². The minimum atomic E-state index is -0.503. The molecule has 0 unspecified atom stereocenters. The lowest BCUT2D eigenvalue weighted by molar-refractivity contribution is -0.133. The van der Waals surface area contributed by atoms with Crippen LogP contribution < -0.4 is 26.4 Å². The fourth-order valence-corrected chi connectivity index (χ4v) is 7.50. The van der Waals surface area contributed by atoms with Gasteiger partial charge in [-0.25, -0.2) is 4.68 Å². The largest absolute Gasteiger partial charge is 0.457 e. The first-order valence-corrected chi connectivity index (χ1v) is 17.5. The molecule has 2 saturated heterocycles. The third-order valence-electron chi connectivity index (χ3n) is 10.3. The second kappa shape index (κ2) is 16.0. The van der Waals surface area contributed by atoms with E-state index in [1.54, 1.807) is 0 Å². The first-order chi connectivity index (χ1) is 24.0.